The normalized spacial score (nSPS) is 11.9. The second-order valence-electron chi connectivity index (χ2n) is 17.3. The molecule has 0 spiro atoms. The van der Waals surface area contributed by atoms with E-state index in [1.54, 1.807) is 0 Å². The molecule has 0 aliphatic heterocycles. The third kappa shape index (κ3) is 36.7. The monoisotopic (exact) mass is 782 g/mol. The number of esters is 1. The summed E-state index contributed by atoms with van der Waals surface area (Å²) in [5, 5.41) is 9.60. The fraction of sp³-hybridized carbons (Fsp3) is 0.958. The Morgan fingerprint density at radius 1 is 0.491 bits per heavy atom. The molecule has 0 radical (unpaired) electrons. The molecule has 0 aromatic carbocycles. The zero-order chi connectivity index (χ0) is 40.5. The molecule has 0 bridgehead atoms. The maximum Gasteiger partial charge on any atom is 0.508 e. The molecule has 0 aromatic heterocycles. The quantitative estimate of drug-likeness (QED) is 0.0487. The fourth-order valence-corrected chi connectivity index (χ4v) is 7.45. The lowest BCUT2D eigenvalue weighted by Gasteiger charge is -2.27. The Kier molecular flexibility index (Phi) is 39.8. The lowest BCUT2D eigenvalue weighted by atomic mass is 9.86. The van der Waals surface area contributed by atoms with Crippen molar-refractivity contribution >= 4 is 12.1 Å². The molecule has 0 heterocycles. The molecule has 7 heteroatoms. The van der Waals surface area contributed by atoms with E-state index < -0.39 is 11.6 Å². The van der Waals surface area contributed by atoms with E-state index in [2.05, 4.69) is 39.5 Å². The maximum atomic E-state index is 13.4. The topological polar surface area (TPSA) is 85.3 Å². The Labute approximate surface area is 342 Å². The second kappa shape index (κ2) is 40.8. The first kappa shape index (κ1) is 53.7. The third-order valence-corrected chi connectivity index (χ3v) is 11.3. The van der Waals surface area contributed by atoms with E-state index in [-0.39, 0.29) is 18.7 Å². The zero-order valence-electron chi connectivity index (χ0n) is 37.6. The van der Waals surface area contributed by atoms with Crippen molar-refractivity contribution in [1.29, 1.82) is 0 Å². The summed E-state index contributed by atoms with van der Waals surface area (Å²) in [6, 6.07) is 0. The van der Waals surface area contributed by atoms with Crippen LogP contribution in [0.25, 0.3) is 0 Å². The standard InChI is InChI=1S/C48H95NO6/c1-6-9-12-15-18-21-27-34-43-53-47(52)54-44-35-28-26-33-40-49(41-42-50)39-32-25-24-31-38-48(4,5)46(51)55-45(36-29-22-19-16-13-10-7-2)37-30-23-20-17-14-11-8-3/h45,50H,6-44H2,1-5H3. The van der Waals surface area contributed by atoms with Crippen LogP contribution in [0, 0.1) is 5.41 Å². The van der Waals surface area contributed by atoms with Crippen LogP contribution in [0.2, 0.25) is 0 Å². The minimum absolute atomic E-state index is 0.00177. The predicted molar refractivity (Wildman–Crippen MR) is 234 cm³/mol. The van der Waals surface area contributed by atoms with Gasteiger partial charge in [-0.2, -0.15) is 0 Å². The van der Waals surface area contributed by atoms with Gasteiger partial charge in [0, 0.05) is 6.54 Å². The van der Waals surface area contributed by atoms with Gasteiger partial charge < -0.3 is 24.2 Å². The summed E-state index contributed by atoms with van der Waals surface area (Å²) in [5.74, 6) is -0.00177. The summed E-state index contributed by atoms with van der Waals surface area (Å²) in [5.41, 5.74) is -0.445. The smallest absolute Gasteiger partial charge is 0.462 e. The molecule has 0 rings (SSSR count). The molecule has 0 aliphatic rings. The van der Waals surface area contributed by atoms with E-state index in [0.717, 1.165) is 96.6 Å². The Hall–Kier alpha value is -1.34. The van der Waals surface area contributed by atoms with Crippen molar-refractivity contribution < 1.29 is 28.9 Å². The minimum Gasteiger partial charge on any atom is -0.462 e. The molecular formula is C48H95NO6. The van der Waals surface area contributed by atoms with E-state index in [9.17, 15) is 14.7 Å². The van der Waals surface area contributed by atoms with E-state index in [4.69, 9.17) is 14.2 Å². The number of rotatable bonds is 43. The van der Waals surface area contributed by atoms with Crippen LogP contribution in [0.5, 0.6) is 0 Å². The highest BCUT2D eigenvalue weighted by molar-refractivity contribution is 5.76. The molecule has 0 atom stereocenters. The average molecular weight is 782 g/mol. The van der Waals surface area contributed by atoms with Crippen LogP contribution < -0.4 is 0 Å². The molecule has 0 aromatic rings. The van der Waals surface area contributed by atoms with E-state index in [1.165, 1.54) is 128 Å². The van der Waals surface area contributed by atoms with Crippen molar-refractivity contribution in [2.45, 2.75) is 253 Å². The van der Waals surface area contributed by atoms with Crippen LogP contribution >= 0.6 is 0 Å². The number of ether oxygens (including phenoxy) is 3. The Bertz CT molecular complexity index is 802. The first-order chi connectivity index (χ1) is 26.8. The van der Waals surface area contributed by atoms with Crippen molar-refractivity contribution in [2.24, 2.45) is 5.41 Å². The number of carbonyl (C=O) groups is 2. The van der Waals surface area contributed by atoms with Crippen molar-refractivity contribution in [2.75, 3.05) is 39.5 Å². The van der Waals surface area contributed by atoms with Gasteiger partial charge in [-0.3, -0.25) is 4.79 Å². The van der Waals surface area contributed by atoms with Gasteiger partial charge in [-0.15, -0.1) is 0 Å². The van der Waals surface area contributed by atoms with Crippen LogP contribution in [0.4, 0.5) is 4.79 Å². The minimum atomic E-state index is -0.530. The molecule has 0 unspecified atom stereocenters. The summed E-state index contributed by atoms with van der Waals surface area (Å²) in [7, 11) is 0. The van der Waals surface area contributed by atoms with Crippen molar-refractivity contribution in [3.05, 3.63) is 0 Å². The van der Waals surface area contributed by atoms with Crippen molar-refractivity contribution in [1.82, 2.24) is 4.90 Å². The Morgan fingerprint density at radius 2 is 0.855 bits per heavy atom. The van der Waals surface area contributed by atoms with E-state index in [0.29, 0.717) is 19.8 Å². The molecule has 0 saturated heterocycles. The molecule has 1 N–H and O–H groups in total. The second-order valence-corrected chi connectivity index (χ2v) is 17.3. The number of hydrogen-bond acceptors (Lipinski definition) is 7. The van der Waals surface area contributed by atoms with Gasteiger partial charge in [0.1, 0.15) is 6.10 Å². The summed E-state index contributed by atoms with van der Waals surface area (Å²) in [6.45, 7) is 14.7. The number of hydrogen-bond donors (Lipinski definition) is 1. The predicted octanol–water partition coefficient (Wildman–Crippen LogP) is 14.3. The van der Waals surface area contributed by atoms with Gasteiger partial charge in [0.05, 0.1) is 25.2 Å². The van der Waals surface area contributed by atoms with Crippen molar-refractivity contribution in [3.8, 4) is 0 Å². The summed E-state index contributed by atoms with van der Waals surface area (Å²) >= 11 is 0. The van der Waals surface area contributed by atoms with Gasteiger partial charge in [-0.1, -0.05) is 175 Å². The van der Waals surface area contributed by atoms with Gasteiger partial charge in [0.15, 0.2) is 0 Å². The molecule has 0 aliphatic carbocycles. The lowest BCUT2D eigenvalue weighted by molar-refractivity contribution is -0.161. The van der Waals surface area contributed by atoms with Crippen molar-refractivity contribution in [3.63, 3.8) is 0 Å². The Morgan fingerprint density at radius 3 is 1.27 bits per heavy atom. The molecule has 328 valence electrons. The largest absolute Gasteiger partial charge is 0.508 e. The molecule has 0 saturated carbocycles. The van der Waals surface area contributed by atoms with Crippen LogP contribution in [0.1, 0.15) is 247 Å². The number of nitrogens with zero attached hydrogens (tertiary/aromatic N) is 1. The van der Waals surface area contributed by atoms with Crippen LogP contribution in [-0.2, 0) is 19.0 Å². The third-order valence-electron chi connectivity index (χ3n) is 11.3. The molecular weight excluding hydrogens is 687 g/mol. The lowest BCUT2D eigenvalue weighted by Crippen LogP contribution is -2.31. The SMILES string of the molecule is CCCCCCCCCCOC(=O)OCCCCCCN(CCO)CCCCCCC(C)(C)C(=O)OC(CCCCCCCCC)CCCCCCCCC. The molecule has 0 amide bonds. The summed E-state index contributed by atoms with van der Waals surface area (Å²) in [4.78, 5) is 27.6. The van der Waals surface area contributed by atoms with Gasteiger partial charge >= 0.3 is 12.1 Å². The van der Waals surface area contributed by atoms with Gasteiger partial charge in [-0.25, -0.2) is 4.79 Å². The number of unbranched alkanes of at least 4 members (excludes halogenated alkanes) is 25. The number of aliphatic hydroxyl groups excluding tert-OH is 1. The Balaban J connectivity index is 4.20. The first-order valence-corrected chi connectivity index (χ1v) is 24.1. The summed E-state index contributed by atoms with van der Waals surface area (Å²) < 4.78 is 16.7. The van der Waals surface area contributed by atoms with Gasteiger partial charge in [-0.05, 0) is 84.7 Å². The van der Waals surface area contributed by atoms with Gasteiger partial charge in [0.2, 0.25) is 0 Å². The fourth-order valence-electron chi connectivity index (χ4n) is 7.45. The van der Waals surface area contributed by atoms with Crippen LogP contribution in [-0.4, -0.2) is 67.7 Å². The highest BCUT2D eigenvalue weighted by Gasteiger charge is 2.30. The maximum absolute atomic E-state index is 13.4. The highest BCUT2D eigenvalue weighted by atomic mass is 16.7. The van der Waals surface area contributed by atoms with Gasteiger partial charge in [0.25, 0.3) is 0 Å². The van der Waals surface area contributed by atoms with E-state index in [1.807, 2.05) is 0 Å². The number of aliphatic hydroxyl groups is 1. The van der Waals surface area contributed by atoms with Crippen LogP contribution in [0.3, 0.4) is 0 Å². The highest BCUT2D eigenvalue weighted by Crippen LogP contribution is 2.28. The van der Waals surface area contributed by atoms with Crippen LogP contribution in [0.15, 0.2) is 0 Å². The summed E-state index contributed by atoms with van der Waals surface area (Å²) in [6.07, 6.45) is 38.7. The molecule has 55 heavy (non-hydrogen) atoms. The average Bonchev–Trinajstić information content (AvgIpc) is 3.17. The molecule has 7 nitrogen and oxygen atoms in total. The first-order valence-electron chi connectivity index (χ1n) is 24.1. The zero-order valence-corrected chi connectivity index (χ0v) is 37.6. The number of carbonyl (C=O) groups excluding carboxylic acids is 2. The molecule has 0 fully saturated rings. The van der Waals surface area contributed by atoms with E-state index >= 15 is 0 Å².